The Morgan fingerprint density at radius 3 is 3.26 bits per heavy atom. The number of hydrogen-bond acceptors (Lipinski definition) is 4. The second-order valence-corrected chi connectivity index (χ2v) is 6.50. The standard InChI is InChI=1S/C14H20ClNO2S/c1-2-18-14(17)7-4-8-16-11-5-3-6-12-10(11)9-13(15)19-12/h9,11,16H,2-8H2,1H3. The molecule has 1 aromatic heterocycles. The second-order valence-electron chi connectivity index (χ2n) is 4.74. The van der Waals surface area contributed by atoms with Gasteiger partial charge in [0.15, 0.2) is 0 Å². The first-order valence-electron chi connectivity index (χ1n) is 6.87. The lowest BCUT2D eigenvalue weighted by Crippen LogP contribution is -2.25. The number of fused-ring (bicyclic) bond motifs is 1. The van der Waals surface area contributed by atoms with Crippen LogP contribution in [-0.2, 0) is 16.0 Å². The van der Waals surface area contributed by atoms with Crippen LogP contribution in [-0.4, -0.2) is 19.1 Å². The van der Waals surface area contributed by atoms with Gasteiger partial charge in [0.05, 0.1) is 10.9 Å². The van der Waals surface area contributed by atoms with Crippen molar-refractivity contribution in [2.75, 3.05) is 13.2 Å². The average molecular weight is 302 g/mol. The number of nitrogens with one attached hydrogen (secondary N) is 1. The molecule has 1 N–H and O–H groups in total. The van der Waals surface area contributed by atoms with Gasteiger partial charge >= 0.3 is 5.97 Å². The highest BCUT2D eigenvalue weighted by Crippen LogP contribution is 2.37. The van der Waals surface area contributed by atoms with Crippen LogP contribution in [0.4, 0.5) is 0 Å². The van der Waals surface area contributed by atoms with Crippen LogP contribution in [0.25, 0.3) is 0 Å². The molecule has 0 amide bonds. The van der Waals surface area contributed by atoms with Crippen LogP contribution in [0.2, 0.25) is 4.34 Å². The molecule has 2 rings (SSSR count). The summed E-state index contributed by atoms with van der Waals surface area (Å²) in [6.45, 7) is 3.14. The molecule has 0 saturated carbocycles. The van der Waals surface area contributed by atoms with E-state index >= 15 is 0 Å². The van der Waals surface area contributed by atoms with Crippen molar-refractivity contribution in [2.45, 2.75) is 45.1 Å². The van der Waals surface area contributed by atoms with E-state index in [4.69, 9.17) is 16.3 Å². The summed E-state index contributed by atoms with van der Waals surface area (Å²) in [4.78, 5) is 12.6. The van der Waals surface area contributed by atoms with E-state index < -0.39 is 0 Å². The number of ether oxygens (including phenoxy) is 1. The van der Waals surface area contributed by atoms with E-state index in [0.717, 1.165) is 30.1 Å². The van der Waals surface area contributed by atoms with E-state index in [1.54, 1.807) is 11.3 Å². The molecule has 1 unspecified atom stereocenters. The highest BCUT2D eigenvalue weighted by atomic mass is 35.5. The number of esters is 1. The lowest BCUT2D eigenvalue weighted by molar-refractivity contribution is -0.143. The van der Waals surface area contributed by atoms with Crippen molar-refractivity contribution in [3.63, 3.8) is 0 Å². The molecule has 0 fully saturated rings. The van der Waals surface area contributed by atoms with E-state index in [9.17, 15) is 4.79 Å². The molecule has 1 atom stereocenters. The van der Waals surface area contributed by atoms with Gasteiger partial charge in [-0.3, -0.25) is 4.79 Å². The van der Waals surface area contributed by atoms with E-state index in [-0.39, 0.29) is 5.97 Å². The van der Waals surface area contributed by atoms with E-state index in [0.29, 0.717) is 19.1 Å². The maximum absolute atomic E-state index is 11.2. The van der Waals surface area contributed by atoms with Gasteiger partial charge in [-0.2, -0.15) is 0 Å². The quantitative estimate of drug-likeness (QED) is 0.643. The first-order valence-corrected chi connectivity index (χ1v) is 8.07. The molecule has 106 valence electrons. The number of hydrogen-bond donors (Lipinski definition) is 1. The fourth-order valence-electron chi connectivity index (χ4n) is 2.48. The van der Waals surface area contributed by atoms with Gasteiger partial charge in [0, 0.05) is 17.3 Å². The largest absolute Gasteiger partial charge is 0.466 e. The Labute approximate surface area is 123 Å². The number of aryl methyl sites for hydroxylation is 1. The first-order chi connectivity index (χ1) is 9.20. The smallest absolute Gasteiger partial charge is 0.305 e. The van der Waals surface area contributed by atoms with Crippen LogP contribution >= 0.6 is 22.9 Å². The lowest BCUT2D eigenvalue weighted by Gasteiger charge is -2.23. The zero-order valence-corrected chi connectivity index (χ0v) is 12.8. The minimum absolute atomic E-state index is 0.104. The van der Waals surface area contributed by atoms with Gasteiger partial charge in [0.25, 0.3) is 0 Å². The number of rotatable bonds is 6. The number of carbonyl (C=O) groups excluding carboxylic acids is 1. The second kappa shape index (κ2) is 7.27. The van der Waals surface area contributed by atoms with Gasteiger partial charge in [0.1, 0.15) is 0 Å². The Morgan fingerprint density at radius 2 is 2.47 bits per heavy atom. The van der Waals surface area contributed by atoms with Crippen molar-refractivity contribution in [3.8, 4) is 0 Å². The predicted molar refractivity (Wildman–Crippen MR) is 78.9 cm³/mol. The average Bonchev–Trinajstić information content (AvgIpc) is 2.76. The third kappa shape index (κ3) is 4.20. The minimum atomic E-state index is -0.104. The third-order valence-electron chi connectivity index (χ3n) is 3.34. The van der Waals surface area contributed by atoms with E-state index in [1.807, 2.05) is 6.92 Å². The fraction of sp³-hybridized carbons (Fsp3) is 0.643. The summed E-state index contributed by atoms with van der Waals surface area (Å²) in [7, 11) is 0. The molecule has 3 nitrogen and oxygen atoms in total. The molecular formula is C14H20ClNO2S. The summed E-state index contributed by atoms with van der Waals surface area (Å²) in [5, 5.41) is 3.53. The van der Waals surface area contributed by atoms with Gasteiger partial charge in [-0.05, 0) is 50.8 Å². The molecule has 1 aliphatic carbocycles. The van der Waals surface area contributed by atoms with Crippen molar-refractivity contribution in [2.24, 2.45) is 0 Å². The van der Waals surface area contributed by atoms with Crippen LogP contribution in [0, 0.1) is 0 Å². The van der Waals surface area contributed by atoms with Crippen molar-refractivity contribution >= 4 is 28.9 Å². The van der Waals surface area contributed by atoms with Gasteiger partial charge in [-0.15, -0.1) is 11.3 Å². The summed E-state index contributed by atoms with van der Waals surface area (Å²) < 4.78 is 5.79. The normalized spacial score (nSPS) is 18.1. The summed E-state index contributed by atoms with van der Waals surface area (Å²) in [6.07, 6.45) is 4.82. The SMILES string of the molecule is CCOC(=O)CCCNC1CCCc2sc(Cl)cc21. The Balaban J connectivity index is 1.76. The lowest BCUT2D eigenvalue weighted by atomic mass is 9.94. The fourth-order valence-corrected chi connectivity index (χ4v) is 3.86. The number of halogens is 1. The molecule has 0 aliphatic heterocycles. The number of carbonyl (C=O) groups is 1. The minimum Gasteiger partial charge on any atom is -0.466 e. The Bertz CT molecular complexity index is 433. The summed E-state index contributed by atoms with van der Waals surface area (Å²) in [5.41, 5.74) is 1.36. The zero-order chi connectivity index (χ0) is 13.7. The van der Waals surface area contributed by atoms with Crippen LogP contribution in [0.5, 0.6) is 0 Å². The van der Waals surface area contributed by atoms with Crippen LogP contribution in [0.15, 0.2) is 6.07 Å². The maximum Gasteiger partial charge on any atom is 0.305 e. The predicted octanol–water partition coefficient (Wildman–Crippen LogP) is 3.71. The van der Waals surface area contributed by atoms with Crippen molar-refractivity contribution in [3.05, 3.63) is 20.8 Å². The van der Waals surface area contributed by atoms with E-state index in [2.05, 4.69) is 11.4 Å². The van der Waals surface area contributed by atoms with Gasteiger partial charge < -0.3 is 10.1 Å². The molecule has 19 heavy (non-hydrogen) atoms. The molecule has 5 heteroatoms. The molecule has 0 spiro atoms. The van der Waals surface area contributed by atoms with Crippen molar-refractivity contribution in [1.29, 1.82) is 0 Å². The van der Waals surface area contributed by atoms with Gasteiger partial charge in [-0.1, -0.05) is 11.6 Å². The molecule has 0 aromatic carbocycles. The molecule has 0 bridgehead atoms. The van der Waals surface area contributed by atoms with Gasteiger partial charge in [-0.25, -0.2) is 0 Å². The topological polar surface area (TPSA) is 38.3 Å². The zero-order valence-electron chi connectivity index (χ0n) is 11.2. The Morgan fingerprint density at radius 1 is 1.63 bits per heavy atom. The van der Waals surface area contributed by atoms with Crippen molar-refractivity contribution < 1.29 is 9.53 Å². The Hall–Kier alpha value is -0.580. The Kier molecular flexibility index (Phi) is 5.67. The van der Waals surface area contributed by atoms with Crippen LogP contribution in [0.1, 0.15) is 49.1 Å². The summed E-state index contributed by atoms with van der Waals surface area (Å²) in [6, 6.07) is 2.48. The van der Waals surface area contributed by atoms with Crippen molar-refractivity contribution in [1.82, 2.24) is 5.32 Å². The first kappa shape index (κ1) is 14.8. The maximum atomic E-state index is 11.2. The monoisotopic (exact) mass is 301 g/mol. The van der Waals surface area contributed by atoms with Gasteiger partial charge in [0.2, 0.25) is 0 Å². The highest BCUT2D eigenvalue weighted by Gasteiger charge is 2.22. The highest BCUT2D eigenvalue weighted by molar-refractivity contribution is 7.16. The van der Waals surface area contributed by atoms with Crippen LogP contribution in [0.3, 0.4) is 0 Å². The third-order valence-corrected chi connectivity index (χ3v) is 4.68. The molecule has 0 saturated heterocycles. The molecule has 1 aliphatic rings. The summed E-state index contributed by atoms with van der Waals surface area (Å²) >= 11 is 7.78. The molecular weight excluding hydrogens is 282 g/mol. The van der Waals surface area contributed by atoms with E-state index in [1.165, 1.54) is 16.9 Å². The number of thiophene rings is 1. The molecule has 1 heterocycles. The molecule has 1 aromatic rings. The summed E-state index contributed by atoms with van der Waals surface area (Å²) in [5.74, 6) is -0.104. The molecule has 0 radical (unpaired) electrons. The van der Waals surface area contributed by atoms with Crippen LogP contribution < -0.4 is 5.32 Å².